The van der Waals surface area contributed by atoms with E-state index in [0.717, 1.165) is 0 Å². The number of alkyl carbamates (subject to hydrolysis) is 1. The molecule has 2 unspecified atom stereocenters. The Bertz CT molecular complexity index is 709. The van der Waals surface area contributed by atoms with Gasteiger partial charge in [0.05, 0.1) is 12.7 Å². The van der Waals surface area contributed by atoms with Crippen molar-refractivity contribution in [3.63, 3.8) is 0 Å². The molecule has 0 bridgehead atoms. The van der Waals surface area contributed by atoms with E-state index >= 15 is 0 Å². The molecule has 142 valence electrons. The highest BCUT2D eigenvalue weighted by Gasteiger charge is 2.47. The van der Waals surface area contributed by atoms with Crippen molar-refractivity contribution < 1.29 is 28.7 Å². The Hall–Kier alpha value is -1.48. The van der Waals surface area contributed by atoms with Crippen LogP contribution in [0, 0.1) is 0 Å². The molecule has 7 nitrogen and oxygen atoms in total. The van der Waals surface area contributed by atoms with Crippen LogP contribution in [0.3, 0.4) is 0 Å². The number of ether oxygens (including phenoxy) is 2. The lowest BCUT2D eigenvalue weighted by atomic mass is 9.77. The van der Waals surface area contributed by atoms with Gasteiger partial charge in [0.2, 0.25) is 0 Å². The van der Waals surface area contributed by atoms with Crippen molar-refractivity contribution in [3.8, 4) is 5.75 Å². The molecule has 0 spiro atoms. The molecule has 2 N–H and O–H groups in total. The predicted octanol–water partition coefficient (Wildman–Crippen LogP) is 1.79. The maximum absolute atomic E-state index is 11.9. The third-order valence-corrected chi connectivity index (χ3v) is 4.46. The number of hydrogen-bond donors (Lipinski definition) is 2. The Kier molecular flexibility index (Phi) is 5.14. The van der Waals surface area contributed by atoms with Crippen LogP contribution < -0.4 is 15.5 Å². The largest absolute Gasteiger partial charge is 0.499 e. The lowest BCUT2D eigenvalue weighted by Gasteiger charge is -2.27. The Morgan fingerprint density at radius 2 is 2.23 bits per heavy atom. The molecule has 1 aromatic rings. The summed E-state index contributed by atoms with van der Waals surface area (Å²) in [4.78, 5) is 11.9. The smallest absolute Gasteiger partial charge is 0.491 e. The molecule has 0 saturated heterocycles. The number of rotatable bonds is 3. The summed E-state index contributed by atoms with van der Waals surface area (Å²) in [5, 5.41) is 12.8. The van der Waals surface area contributed by atoms with Crippen molar-refractivity contribution in [1.29, 1.82) is 0 Å². The Morgan fingerprint density at radius 1 is 1.50 bits per heavy atom. The fourth-order valence-electron chi connectivity index (χ4n) is 2.90. The van der Waals surface area contributed by atoms with E-state index in [1.54, 1.807) is 39.8 Å². The molecule has 0 aliphatic carbocycles. The minimum Gasteiger partial charge on any atom is -0.491 e. The first kappa shape index (κ1) is 19.3. The van der Waals surface area contributed by atoms with Gasteiger partial charge in [0, 0.05) is 22.6 Å². The maximum atomic E-state index is 11.9. The monoisotopic (exact) mass is 383 g/mol. The van der Waals surface area contributed by atoms with Crippen molar-refractivity contribution >= 4 is 30.3 Å². The van der Waals surface area contributed by atoms with E-state index in [4.69, 9.17) is 30.4 Å². The zero-order chi connectivity index (χ0) is 19.1. The summed E-state index contributed by atoms with van der Waals surface area (Å²) in [6, 6.07) is 3.48. The van der Waals surface area contributed by atoms with Gasteiger partial charge >= 0.3 is 13.2 Å². The quantitative estimate of drug-likeness (QED) is 0.774. The summed E-state index contributed by atoms with van der Waals surface area (Å²) in [7, 11) is -0.733. The van der Waals surface area contributed by atoms with E-state index in [1.165, 1.54) is 0 Å². The maximum Gasteiger partial charge on any atom is 0.499 e. The fraction of sp³-hybridized carbons (Fsp3) is 0.588. The van der Waals surface area contributed by atoms with Crippen LogP contribution in [-0.4, -0.2) is 49.3 Å². The number of aliphatic hydroxyl groups is 1. The van der Waals surface area contributed by atoms with Crippen LogP contribution in [0.4, 0.5) is 4.79 Å². The molecule has 2 heterocycles. The van der Waals surface area contributed by atoms with Gasteiger partial charge in [-0.1, -0.05) is 11.6 Å². The molecular weight excluding hydrogens is 360 g/mol. The van der Waals surface area contributed by atoms with Gasteiger partial charge in [-0.15, -0.1) is 0 Å². The summed E-state index contributed by atoms with van der Waals surface area (Å²) in [6.07, 6.45) is -1.05. The normalized spacial score (nSPS) is 24.5. The van der Waals surface area contributed by atoms with Gasteiger partial charge in [0.25, 0.3) is 0 Å². The zero-order valence-electron chi connectivity index (χ0n) is 15.3. The van der Waals surface area contributed by atoms with Crippen LogP contribution in [0.1, 0.15) is 39.4 Å². The summed E-state index contributed by atoms with van der Waals surface area (Å²) < 4.78 is 23.0. The van der Waals surface area contributed by atoms with Crippen LogP contribution in [0.25, 0.3) is 0 Å². The Morgan fingerprint density at radius 3 is 2.88 bits per heavy atom. The van der Waals surface area contributed by atoms with E-state index in [0.29, 0.717) is 21.8 Å². The highest BCUT2D eigenvalue weighted by Crippen LogP contribution is 2.37. The highest BCUT2D eigenvalue weighted by molar-refractivity contribution is 6.65. The number of benzene rings is 1. The van der Waals surface area contributed by atoms with E-state index in [-0.39, 0.29) is 19.8 Å². The number of halogens is 1. The average molecular weight is 384 g/mol. The van der Waals surface area contributed by atoms with Crippen molar-refractivity contribution in [2.75, 3.05) is 19.8 Å². The lowest BCUT2D eigenvalue weighted by molar-refractivity contribution is -0.0270. The summed E-state index contributed by atoms with van der Waals surface area (Å²) in [5.41, 5.74) is -0.0777. The van der Waals surface area contributed by atoms with Gasteiger partial charge in [-0.05, 0) is 39.8 Å². The lowest BCUT2D eigenvalue weighted by Crippen LogP contribution is -2.45. The third kappa shape index (κ3) is 3.93. The molecule has 2 aliphatic heterocycles. The first-order valence-corrected chi connectivity index (χ1v) is 8.86. The first-order chi connectivity index (χ1) is 12.1. The molecule has 9 heteroatoms. The van der Waals surface area contributed by atoms with Gasteiger partial charge in [-0.25, -0.2) is 4.79 Å². The molecule has 1 amide bonds. The van der Waals surface area contributed by atoms with Gasteiger partial charge in [0.15, 0.2) is 0 Å². The molecule has 1 aromatic carbocycles. The molecule has 0 saturated carbocycles. The summed E-state index contributed by atoms with van der Waals surface area (Å²) in [6.45, 7) is 7.26. The molecule has 0 fully saturated rings. The first-order valence-electron chi connectivity index (χ1n) is 8.48. The fourth-order valence-corrected chi connectivity index (χ4v) is 3.19. The molecule has 0 aromatic heterocycles. The standard InChI is InChI=1S/C17H23BClNO6/c1-16(2,3)24-15(22)20-7-12-13-10(19)5-6-11-14(13)18(25-12)26-17(4,8-21)9-23-11/h5-6,12,21H,7-9H2,1-4H3,(H,20,22). The zero-order valence-corrected chi connectivity index (χ0v) is 16.1. The van der Waals surface area contributed by atoms with E-state index in [9.17, 15) is 9.90 Å². The second-order valence-corrected chi connectivity index (χ2v) is 8.13. The molecule has 2 atom stereocenters. The van der Waals surface area contributed by atoms with E-state index in [1.807, 2.05) is 0 Å². The number of aliphatic hydroxyl groups excluding tert-OH is 1. The van der Waals surface area contributed by atoms with Crippen LogP contribution in [0.5, 0.6) is 5.75 Å². The van der Waals surface area contributed by atoms with Crippen molar-refractivity contribution in [3.05, 3.63) is 22.7 Å². The number of hydrogen-bond acceptors (Lipinski definition) is 6. The van der Waals surface area contributed by atoms with Crippen molar-refractivity contribution in [2.45, 2.75) is 45.0 Å². The van der Waals surface area contributed by atoms with Crippen LogP contribution in [0.15, 0.2) is 12.1 Å². The van der Waals surface area contributed by atoms with Crippen molar-refractivity contribution in [1.82, 2.24) is 5.32 Å². The molecule has 26 heavy (non-hydrogen) atoms. The number of amides is 1. The second kappa shape index (κ2) is 6.92. The minimum atomic E-state index is -0.902. The highest BCUT2D eigenvalue weighted by atomic mass is 35.5. The molecular formula is C17H23BClNO6. The second-order valence-electron chi connectivity index (χ2n) is 7.73. The number of nitrogens with one attached hydrogen (secondary N) is 1. The molecule has 2 aliphatic rings. The van der Waals surface area contributed by atoms with E-state index < -0.39 is 30.5 Å². The Balaban J connectivity index is 1.81. The average Bonchev–Trinajstić information content (AvgIpc) is 2.83. The SMILES string of the molecule is CC(C)(C)OC(=O)NCC1OB2OC(C)(CO)COc3ccc(Cl)c1c32. The van der Waals surface area contributed by atoms with Crippen LogP contribution >= 0.6 is 11.6 Å². The summed E-state index contributed by atoms with van der Waals surface area (Å²) >= 11 is 6.38. The molecule has 0 radical (unpaired) electrons. The molecule has 3 rings (SSSR count). The number of carbonyl (C=O) groups excluding carboxylic acids is 1. The van der Waals surface area contributed by atoms with Gasteiger partial charge in [0.1, 0.15) is 23.6 Å². The topological polar surface area (TPSA) is 86.3 Å². The minimum absolute atomic E-state index is 0.167. The Labute approximate surface area is 158 Å². The third-order valence-electron chi connectivity index (χ3n) is 4.13. The van der Waals surface area contributed by atoms with E-state index in [2.05, 4.69) is 5.32 Å². The van der Waals surface area contributed by atoms with Crippen molar-refractivity contribution in [2.24, 2.45) is 0 Å². The summed E-state index contributed by atoms with van der Waals surface area (Å²) in [5.74, 6) is 0.603. The van der Waals surface area contributed by atoms with Crippen LogP contribution in [0.2, 0.25) is 5.02 Å². The van der Waals surface area contributed by atoms with Gasteiger partial charge in [-0.2, -0.15) is 0 Å². The van der Waals surface area contributed by atoms with Gasteiger partial charge in [-0.3, -0.25) is 0 Å². The predicted molar refractivity (Wildman–Crippen MR) is 97.0 cm³/mol. The van der Waals surface area contributed by atoms with Crippen LogP contribution in [-0.2, 0) is 14.0 Å². The number of carbonyl (C=O) groups is 1. The van der Waals surface area contributed by atoms with Gasteiger partial charge < -0.3 is 29.2 Å².